The molecular weight excluding hydrogens is 155 g/mol. The fourth-order valence-corrected chi connectivity index (χ4v) is 1.52. The first-order valence-corrected chi connectivity index (χ1v) is 4.18. The average Bonchev–Trinajstić information content (AvgIpc) is 1.97. The van der Waals surface area contributed by atoms with Gasteiger partial charge in [0.05, 0.1) is 12.6 Å². The maximum Gasteiger partial charge on any atom is 0.277 e. The molecule has 1 fully saturated rings. The second-order valence-electron chi connectivity index (χ2n) is 3.63. The maximum absolute atomic E-state index is 11.0. The van der Waals surface area contributed by atoms with Crippen molar-refractivity contribution in [3.8, 4) is 0 Å². The molecule has 1 heterocycles. The Kier molecular flexibility index (Phi) is 2.74. The van der Waals surface area contributed by atoms with Crippen molar-refractivity contribution in [2.24, 2.45) is 11.7 Å². The topological polar surface area (TPSA) is 64.3 Å². The SMILES string of the molecule is CC1(C)NC(=O)[C@@H]1CBOCN. The van der Waals surface area contributed by atoms with Gasteiger partial charge in [0.15, 0.2) is 0 Å². The zero-order valence-corrected chi connectivity index (χ0v) is 7.59. The zero-order valence-electron chi connectivity index (χ0n) is 7.59. The van der Waals surface area contributed by atoms with Crippen molar-refractivity contribution in [3.63, 3.8) is 0 Å². The molecule has 1 amide bonds. The monoisotopic (exact) mass is 170 g/mol. The predicted molar refractivity (Wildman–Crippen MR) is 47.8 cm³/mol. The molecule has 12 heavy (non-hydrogen) atoms. The van der Waals surface area contributed by atoms with E-state index in [1.54, 1.807) is 0 Å². The smallest absolute Gasteiger partial charge is 0.277 e. The number of hydrogen-bond donors (Lipinski definition) is 2. The number of amides is 1. The molecule has 5 heteroatoms. The van der Waals surface area contributed by atoms with Gasteiger partial charge in [0.2, 0.25) is 5.91 Å². The molecule has 1 rings (SSSR count). The maximum atomic E-state index is 11.0. The van der Waals surface area contributed by atoms with Crippen molar-refractivity contribution >= 4 is 13.4 Å². The predicted octanol–water partition coefficient (Wildman–Crippen LogP) is -0.786. The van der Waals surface area contributed by atoms with Gasteiger partial charge in [0.25, 0.3) is 7.48 Å². The van der Waals surface area contributed by atoms with E-state index < -0.39 is 0 Å². The summed E-state index contributed by atoms with van der Waals surface area (Å²) in [5.41, 5.74) is 5.09. The Hall–Kier alpha value is -0.545. The van der Waals surface area contributed by atoms with Crippen LogP contribution in [0.1, 0.15) is 13.8 Å². The lowest BCUT2D eigenvalue weighted by atomic mass is 9.69. The molecule has 3 N–H and O–H groups in total. The van der Waals surface area contributed by atoms with E-state index in [2.05, 4.69) is 5.32 Å². The van der Waals surface area contributed by atoms with Crippen LogP contribution in [0.5, 0.6) is 0 Å². The summed E-state index contributed by atoms with van der Waals surface area (Å²) in [7, 11) is 0.567. The lowest BCUT2D eigenvalue weighted by Crippen LogP contribution is -2.65. The first-order valence-electron chi connectivity index (χ1n) is 4.18. The van der Waals surface area contributed by atoms with Crippen LogP contribution in [0, 0.1) is 5.92 Å². The lowest BCUT2D eigenvalue weighted by Gasteiger charge is -2.44. The standard InChI is InChI=1S/C7H15BN2O2/c1-7(2)5(6(11)10-7)3-8-12-4-9/h5,8H,3-4,9H2,1-2H3,(H,10,11)/t5-/m0/s1. The summed E-state index contributed by atoms with van der Waals surface area (Å²) >= 11 is 0. The van der Waals surface area contributed by atoms with Crippen LogP contribution >= 0.6 is 0 Å². The van der Waals surface area contributed by atoms with Gasteiger partial charge < -0.3 is 15.7 Å². The highest BCUT2D eigenvalue weighted by molar-refractivity contribution is 6.28. The summed E-state index contributed by atoms with van der Waals surface area (Å²) in [4.78, 5) is 11.0. The Balaban J connectivity index is 2.26. The Morgan fingerprint density at radius 1 is 1.75 bits per heavy atom. The van der Waals surface area contributed by atoms with E-state index in [4.69, 9.17) is 10.4 Å². The van der Waals surface area contributed by atoms with E-state index >= 15 is 0 Å². The van der Waals surface area contributed by atoms with Crippen LogP contribution in [-0.4, -0.2) is 25.7 Å². The van der Waals surface area contributed by atoms with E-state index in [9.17, 15) is 4.79 Å². The van der Waals surface area contributed by atoms with Gasteiger partial charge in [0.1, 0.15) is 0 Å². The van der Waals surface area contributed by atoms with Crippen molar-refractivity contribution < 1.29 is 9.45 Å². The molecule has 0 aromatic rings. The number of nitrogens with two attached hydrogens (primary N) is 1. The van der Waals surface area contributed by atoms with Crippen LogP contribution < -0.4 is 11.1 Å². The number of hydrogen-bond acceptors (Lipinski definition) is 3. The Bertz CT molecular complexity index is 184. The highest BCUT2D eigenvalue weighted by Crippen LogP contribution is 2.29. The average molecular weight is 170 g/mol. The Morgan fingerprint density at radius 2 is 2.42 bits per heavy atom. The van der Waals surface area contributed by atoms with Crippen molar-refractivity contribution in [1.29, 1.82) is 0 Å². The van der Waals surface area contributed by atoms with E-state index in [1.807, 2.05) is 13.8 Å². The number of carbonyl (C=O) groups is 1. The number of nitrogens with one attached hydrogen (secondary N) is 1. The molecule has 0 saturated carbocycles. The molecule has 0 aromatic carbocycles. The van der Waals surface area contributed by atoms with Crippen molar-refractivity contribution in [2.45, 2.75) is 25.7 Å². The van der Waals surface area contributed by atoms with Crippen LogP contribution in [0.25, 0.3) is 0 Å². The minimum absolute atomic E-state index is 0.0605. The van der Waals surface area contributed by atoms with Gasteiger partial charge in [-0.15, -0.1) is 0 Å². The van der Waals surface area contributed by atoms with Gasteiger partial charge in [-0.25, -0.2) is 0 Å². The summed E-state index contributed by atoms with van der Waals surface area (Å²) in [5, 5.41) is 2.83. The highest BCUT2D eigenvalue weighted by atomic mass is 16.4. The molecule has 1 saturated heterocycles. The van der Waals surface area contributed by atoms with Crippen LogP contribution in [0.15, 0.2) is 0 Å². The minimum atomic E-state index is -0.0605. The molecule has 0 unspecified atom stereocenters. The van der Waals surface area contributed by atoms with Gasteiger partial charge >= 0.3 is 0 Å². The molecular formula is C7H15BN2O2. The molecule has 1 atom stereocenters. The molecule has 0 spiro atoms. The fraction of sp³-hybridized carbons (Fsp3) is 0.857. The van der Waals surface area contributed by atoms with Crippen molar-refractivity contribution in [1.82, 2.24) is 5.32 Å². The second kappa shape index (κ2) is 3.45. The van der Waals surface area contributed by atoms with Crippen LogP contribution in [0.3, 0.4) is 0 Å². The Labute approximate surface area is 73.1 Å². The molecule has 0 bridgehead atoms. The largest absolute Gasteiger partial charge is 0.428 e. The molecule has 1 aliphatic rings. The van der Waals surface area contributed by atoms with Crippen LogP contribution in [0.4, 0.5) is 0 Å². The summed E-state index contributed by atoms with van der Waals surface area (Å²) in [5.74, 6) is 0.213. The third-order valence-electron chi connectivity index (χ3n) is 2.30. The van der Waals surface area contributed by atoms with Crippen molar-refractivity contribution in [3.05, 3.63) is 0 Å². The molecule has 1 aliphatic heterocycles. The fourth-order valence-electron chi connectivity index (χ4n) is 1.52. The van der Waals surface area contributed by atoms with Gasteiger partial charge in [-0.1, -0.05) is 0 Å². The summed E-state index contributed by atoms with van der Waals surface area (Å²) < 4.78 is 4.98. The summed E-state index contributed by atoms with van der Waals surface area (Å²) in [6.45, 7) is 4.26. The van der Waals surface area contributed by atoms with Gasteiger partial charge in [-0.3, -0.25) is 4.79 Å². The minimum Gasteiger partial charge on any atom is -0.428 e. The second-order valence-corrected chi connectivity index (χ2v) is 3.63. The number of rotatable bonds is 4. The van der Waals surface area contributed by atoms with E-state index in [0.29, 0.717) is 7.48 Å². The molecule has 0 aromatic heterocycles. The lowest BCUT2D eigenvalue weighted by molar-refractivity contribution is -0.138. The van der Waals surface area contributed by atoms with Gasteiger partial charge in [0, 0.05) is 5.54 Å². The number of β-lactam (4-membered cyclic amide) rings is 1. The third-order valence-corrected chi connectivity index (χ3v) is 2.30. The van der Waals surface area contributed by atoms with Gasteiger partial charge in [-0.2, -0.15) is 0 Å². The quantitative estimate of drug-likeness (QED) is 0.251. The zero-order chi connectivity index (χ0) is 9.19. The molecule has 4 nitrogen and oxygen atoms in total. The highest BCUT2D eigenvalue weighted by Gasteiger charge is 2.45. The van der Waals surface area contributed by atoms with Crippen LogP contribution in [0.2, 0.25) is 6.32 Å². The molecule has 68 valence electrons. The Morgan fingerprint density at radius 3 is 2.83 bits per heavy atom. The van der Waals surface area contributed by atoms with Gasteiger partial charge in [-0.05, 0) is 20.2 Å². The summed E-state index contributed by atoms with van der Waals surface area (Å²) in [6.07, 6.45) is 0.760. The third kappa shape index (κ3) is 1.79. The first kappa shape index (κ1) is 9.54. The van der Waals surface area contributed by atoms with E-state index in [0.717, 1.165) is 6.32 Å². The first-order chi connectivity index (χ1) is 5.58. The number of carbonyl (C=O) groups excluding carboxylic acids is 1. The van der Waals surface area contributed by atoms with E-state index in [1.165, 1.54) is 0 Å². The van der Waals surface area contributed by atoms with Crippen molar-refractivity contribution in [2.75, 3.05) is 6.73 Å². The molecule has 0 radical (unpaired) electrons. The molecule has 0 aliphatic carbocycles. The van der Waals surface area contributed by atoms with Crippen LogP contribution in [-0.2, 0) is 9.45 Å². The summed E-state index contributed by atoms with van der Waals surface area (Å²) in [6, 6.07) is 0. The normalized spacial score (nSPS) is 25.9. The van der Waals surface area contributed by atoms with E-state index in [-0.39, 0.29) is 24.1 Å².